The quantitative estimate of drug-likeness (QED) is 0.719. The van der Waals surface area contributed by atoms with Crippen molar-refractivity contribution in [1.29, 1.82) is 0 Å². The molecule has 0 fully saturated rings. The number of hydrogen-bond donors (Lipinski definition) is 1. The molecule has 0 aromatic heterocycles. The SMILES string of the molecule is CCOc1ccc(OCCNS(=O)(=O)c2ccc3c(c2)CCCC3)cc1. The van der Waals surface area contributed by atoms with Crippen molar-refractivity contribution in [3.63, 3.8) is 0 Å². The molecule has 0 spiro atoms. The van der Waals surface area contributed by atoms with E-state index < -0.39 is 10.0 Å². The summed E-state index contributed by atoms with van der Waals surface area (Å²) < 4.78 is 38.5. The second-order valence-electron chi connectivity index (χ2n) is 6.29. The Labute approximate surface area is 155 Å². The van der Waals surface area contributed by atoms with E-state index in [9.17, 15) is 8.42 Å². The fourth-order valence-electron chi connectivity index (χ4n) is 3.10. The molecule has 1 aliphatic rings. The fraction of sp³-hybridized carbons (Fsp3) is 0.400. The molecule has 6 heteroatoms. The molecule has 3 rings (SSSR count). The van der Waals surface area contributed by atoms with E-state index in [0.29, 0.717) is 17.3 Å². The van der Waals surface area contributed by atoms with E-state index >= 15 is 0 Å². The van der Waals surface area contributed by atoms with Crippen LogP contribution in [0.5, 0.6) is 11.5 Å². The van der Waals surface area contributed by atoms with Crippen LogP contribution in [0.15, 0.2) is 47.4 Å². The first-order chi connectivity index (χ1) is 12.6. The zero-order valence-corrected chi connectivity index (χ0v) is 15.8. The minimum Gasteiger partial charge on any atom is -0.494 e. The highest BCUT2D eigenvalue weighted by atomic mass is 32.2. The van der Waals surface area contributed by atoms with Crippen molar-refractivity contribution in [2.45, 2.75) is 37.5 Å². The molecule has 1 aliphatic carbocycles. The predicted octanol–water partition coefficient (Wildman–Crippen LogP) is 3.32. The Hall–Kier alpha value is -2.05. The third kappa shape index (κ3) is 4.77. The largest absolute Gasteiger partial charge is 0.494 e. The van der Waals surface area contributed by atoms with Crippen LogP contribution in [0.3, 0.4) is 0 Å². The monoisotopic (exact) mass is 375 g/mol. The van der Waals surface area contributed by atoms with Crippen molar-refractivity contribution in [2.24, 2.45) is 0 Å². The summed E-state index contributed by atoms with van der Waals surface area (Å²) in [6.45, 7) is 3.02. The van der Waals surface area contributed by atoms with Gasteiger partial charge in [0.2, 0.25) is 10.0 Å². The molecule has 0 saturated carbocycles. The van der Waals surface area contributed by atoms with Crippen LogP contribution in [0, 0.1) is 0 Å². The molecular formula is C20H25NO4S. The number of rotatable bonds is 8. The molecule has 0 saturated heterocycles. The maximum absolute atomic E-state index is 12.5. The minimum atomic E-state index is -3.51. The van der Waals surface area contributed by atoms with E-state index in [1.165, 1.54) is 12.0 Å². The van der Waals surface area contributed by atoms with Gasteiger partial charge in [-0.2, -0.15) is 0 Å². The van der Waals surface area contributed by atoms with Gasteiger partial charge in [0, 0.05) is 6.54 Å². The van der Waals surface area contributed by atoms with Crippen LogP contribution in [0.25, 0.3) is 0 Å². The molecule has 0 amide bonds. The third-order valence-electron chi connectivity index (χ3n) is 4.43. The van der Waals surface area contributed by atoms with Gasteiger partial charge in [-0.15, -0.1) is 0 Å². The maximum atomic E-state index is 12.5. The van der Waals surface area contributed by atoms with Crippen molar-refractivity contribution in [3.05, 3.63) is 53.6 Å². The molecule has 5 nitrogen and oxygen atoms in total. The van der Waals surface area contributed by atoms with Crippen LogP contribution in [0.2, 0.25) is 0 Å². The number of fused-ring (bicyclic) bond motifs is 1. The number of benzene rings is 2. The van der Waals surface area contributed by atoms with Crippen molar-refractivity contribution >= 4 is 10.0 Å². The number of sulfonamides is 1. The number of nitrogens with one attached hydrogen (secondary N) is 1. The molecule has 2 aromatic carbocycles. The maximum Gasteiger partial charge on any atom is 0.240 e. The Bertz CT molecular complexity index is 831. The highest BCUT2D eigenvalue weighted by Crippen LogP contribution is 2.24. The number of hydrogen-bond acceptors (Lipinski definition) is 4. The Morgan fingerprint density at radius 2 is 1.58 bits per heavy atom. The number of aryl methyl sites for hydroxylation is 2. The lowest BCUT2D eigenvalue weighted by Gasteiger charge is -2.16. The van der Waals surface area contributed by atoms with Gasteiger partial charge in [0.15, 0.2) is 0 Å². The first kappa shape index (κ1) is 18.7. The van der Waals surface area contributed by atoms with Crippen molar-refractivity contribution in [2.75, 3.05) is 19.8 Å². The van der Waals surface area contributed by atoms with Crippen LogP contribution in [-0.2, 0) is 22.9 Å². The van der Waals surface area contributed by atoms with E-state index in [0.717, 1.165) is 30.6 Å². The van der Waals surface area contributed by atoms with Crippen LogP contribution in [0.1, 0.15) is 30.9 Å². The fourth-order valence-corrected chi connectivity index (χ4v) is 4.17. The van der Waals surface area contributed by atoms with Gasteiger partial charge in [-0.05, 0) is 80.1 Å². The van der Waals surface area contributed by atoms with E-state index in [4.69, 9.17) is 9.47 Å². The summed E-state index contributed by atoms with van der Waals surface area (Å²) in [5, 5.41) is 0. The van der Waals surface area contributed by atoms with Crippen LogP contribution in [-0.4, -0.2) is 28.2 Å². The molecule has 0 atom stereocenters. The van der Waals surface area contributed by atoms with Crippen LogP contribution in [0.4, 0.5) is 0 Å². The average molecular weight is 375 g/mol. The van der Waals surface area contributed by atoms with Crippen molar-refractivity contribution < 1.29 is 17.9 Å². The van der Waals surface area contributed by atoms with Gasteiger partial charge in [0.05, 0.1) is 11.5 Å². The summed E-state index contributed by atoms with van der Waals surface area (Å²) in [6, 6.07) is 12.7. The van der Waals surface area contributed by atoms with E-state index in [2.05, 4.69) is 4.72 Å². The minimum absolute atomic E-state index is 0.215. The van der Waals surface area contributed by atoms with Gasteiger partial charge in [0.1, 0.15) is 18.1 Å². The topological polar surface area (TPSA) is 64.6 Å². The summed E-state index contributed by atoms with van der Waals surface area (Å²) in [7, 11) is -3.51. The first-order valence-corrected chi connectivity index (χ1v) is 10.5. The van der Waals surface area contributed by atoms with Crippen molar-refractivity contribution in [3.8, 4) is 11.5 Å². The second kappa shape index (κ2) is 8.56. The molecule has 0 aliphatic heterocycles. The molecular weight excluding hydrogens is 350 g/mol. The van der Waals surface area contributed by atoms with Crippen LogP contribution < -0.4 is 14.2 Å². The Kier molecular flexibility index (Phi) is 6.16. The molecule has 2 aromatic rings. The normalized spacial score (nSPS) is 13.9. The second-order valence-corrected chi connectivity index (χ2v) is 8.06. The van der Waals surface area contributed by atoms with E-state index in [1.807, 2.05) is 43.3 Å². The van der Waals surface area contributed by atoms with Crippen LogP contribution >= 0.6 is 0 Å². The van der Waals surface area contributed by atoms with Gasteiger partial charge in [-0.25, -0.2) is 13.1 Å². The van der Waals surface area contributed by atoms with Gasteiger partial charge < -0.3 is 9.47 Å². The van der Waals surface area contributed by atoms with Gasteiger partial charge >= 0.3 is 0 Å². The van der Waals surface area contributed by atoms with Gasteiger partial charge in [-0.1, -0.05) is 6.07 Å². The summed E-state index contributed by atoms with van der Waals surface area (Å²) in [5.41, 5.74) is 2.43. The smallest absolute Gasteiger partial charge is 0.240 e. The Balaban J connectivity index is 1.52. The molecule has 0 heterocycles. The van der Waals surface area contributed by atoms with E-state index in [1.54, 1.807) is 6.07 Å². The highest BCUT2D eigenvalue weighted by molar-refractivity contribution is 7.89. The zero-order valence-electron chi connectivity index (χ0n) is 15.0. The lowest BCUT2D eigenvalue weighted by molar-refractivity contribution is 0.319. The summed E-state index contributed by atoms with van der Waals surface area (Å²) in [6.07, 6.45) is 4.30. The predicted molar refractivity (Wildman–Crippen MR) is 101 cm³/mol. The summed E-state index contributed by atoms with van der Waals surface area (Å²) >= 11 is 0. The molecule has 0 unspecified atom stereocenters. The molecule has 1 N–H and O–H groups in total. The molecule has 26 heavy (non-hydrogen) atoms. The van der Waals surface area contributed by atoms with Crippen molar-refractivity contribution in [1.82, 2.24) is 4.72 Å². The molecule has 0 radical (unpaired) electrons. The van der Waals surface area contributed by atoms with Gasteiger partial charge in [0.25, 0.3) is 0 Å². The molecule has 0 bridgehead atoms. The Morgan fingerprint density at radius 3 is 2.27 bits per heavy atom. The highest BCUT2D eigenvalue weighted by Gasteiger charge is 2.17. The number of ether oxygens (including phenoxy) is 2. The summed E-state index contributed by atoms with van der Waals surface area (Å²) in [4.78, 5) is 0.333. The van der Waals surface area contributed by atoms with Gasteiger partial charge in [-0.3, -0.25) is 0 Å². The first-order valence-electron chi connectivity index (χ1n) is 9.05. The lowest BCUT2D eigenvalue weighted by atomic mass is 9.92. The third-order valence-corrected chi connectivity index (χ3v) is 5.89. The standard InChI is InChI=1S/C20H25NO4S/c1-2-24-18-8-10-19(11-9-18)25-14-13-21-26(22,23)20-12-7-16-5-3-4-6-17(16)15-20/h7-12,15,21H,2-6,13-14H2,1H3. The summed E-state index contributed by atoms with van der Waals surface area (Å²) in [5.74, 6) is 1.47. The average Bonchev–Trinajstić information content (AvgIpc) is 2.66. The Morgan fingerprint density at radius 1 is 0.923 bits per heavy atom. The molecule has 140 valence electrons. The van der Waals surface area contributed by atoms with E-state index in [-0.39, 0.29) is 13.2 Å². The zero-order chi connectivity index (χ0) is 18.4. The lowest BCUT2D eigenvalue weighted by Crippen LogP contribution is -2.28.